The summed E-state index contributed by atoms with van der Waals surface area (Å²) in [5.74, 6) is -0.438. The number of hydrogen-bond donors (Lipinski definition) is 1. The second kappa shape index (κ2) is 7.15. The van der Waals surface area contributed by atoms with Crippen molar-refractivity contribution in [1.82, 2.24) is 5.32 Å². The van der Waals surface area contributed by atoms with E-state index in [1.807, 2.05) is 19.1 Å². The van der Waals surface area contributed by atoms with Gasteiger partial charge in [-0.05, 0) is 54.8 Å². The zero-order chi connectivity index (χ0) is 14.4. The van der Waals surface area contributed by atoms with E-state index in [2.05, 4.69) is 5.32 Å². The number of halogens is 2. The van der Waals surface area contributed by atoms with Crippen LogP contribution in [0, 0.1) is 11.6 Å². The molecule has 0 bridgehead atoms. The van der Waals surface area contributed by atoms with Gasteiger partial charge >= 0.3 is 0 Å². The number of rotatable bonds is 6. The Balaban J connectivity index is 2.07. The van der Waals surface area contributed by atoms with E-state index in [0.717, 1.165) is 30.5 Å². The van der Waals surface area contributed by atoms with Gasteiger partial charge in [0.05, 0.1) is 0 Å². The zero-order valence-corrected chi connectivity index (χ0v) is 11.6. The normalized spacial score (nSPS) is 11.0. The van der Waals surface area contributed by atoms with Gasteiger partial charge in [0.2, 0.25) is 0 Å². The fraction of sp³-hybridized carbons (Fsp3) is 0.294. The molecule has 0 amide bonds. The SMILES string of the molecule is CCNC(Cc1cccc(F)c1)Cc1cccc(F)c1. The lowest BCUT2D eigenvalue weighted by atomic mass is 9.99. The molecule has 2 rings (SSSR count). The molecule has 1 nitrogen and oxygen atoms in total. The lowest BCUT2D eigenvalue weighted by Gasteiger charge is -2.18. The maximum atomic E-state index is 13.2. The topological polar surface area (TPSA) is 12.0 Å². The zero-order valence-electron chi connectivity index (χ0n) is 11.6. The summed E-state index contributed by atoms with van der Waals surface area (Å²) in [6, 6.07) is 13.4. The van der Waals surface area contributed by atoms with Crippen LogP contribution in [0.4, 0.5) is 8.78 Å². The Bertz CT molecular complexity index is 507. The van der Waals surface area contributed by atoms with Crippen LogP contribution in [0.3, 0.4) is 0 Å². The Kier molecular flexibility index (Phi) is 5.24. The number of nitrogens with one attached hydrogen (secondary N) is 1. The molecule has 0 aromatic heterocycles. The quantitative estimate of drug-likeness (QED) is 0.847. The van der Waals surface area contributed by atoms with Crippen molar-refractivity contribution < 1.29 is 8.78 Å². The first-order valence-corrected chi connectivity index (χ1v) is 6.89. The fourth-order valence-electron chi connectivity index (χ4n) is 2.40. The van der Waals surface area contributed by atoms with E-state index in [9.17, 15) is 8.78 Å². The molecule has 0 unspecified atom stereocenters. The van der Waals surface area contributed by atoms with Gasteiger partial charge in [0, 0.05) is 6.04 Å². The molecular formula is C17H19F2N. The van der Waals surface area contributed by atoms with E-state index < -0.39 is 0 Å². The Hall–Kier alpha value is -1.74. The molecule has 20 heavy (non-hydrogen) atoms. The third-order valence-electron chi connectivity index (χ3n) is 3.24. The third-order valence-corrected chi connectivity index (χ3v) is 3.24. The number of hydrogen-bond acceptors (Lipinski definition) is 1. The summed E-state index contributed by atoms with van der Waals surface area (Å²) in [4.78, 5) is 0. The summed E-state index contributed by atoms with van der Waals surface area (Å²) >= 11 is 0. The lowest BCUT2D eigenvalue weighted by molar-refractivity contribution is 0.517. The van der Waals surface area contributed by atoms with Crippen molar-refractivity contribution in [1.29, 1.82) is 0 Å². The van der Waals surface area contributed by atoms with Crippen molar-refractivity contribution in [3.05, 3.63) is 71.3 Å². The Morgan fingerprint density at radius 1 is 0.900 bits per heavy atom. The predicted octanol–water partition coefficient (Wildman–Crippen LogP) is 3.73. The predicted molar refractivity (Wildman–Crippen MR) is 77.7 cm³/mol. The molecule has 0 saturated carbocycles. The molecule has 0 radical (unpaired) electrons. The van der Waals surface area contributed by atoms with Gasteiger partial charge < -0.3 is 5.32 Å². The van der Waals surface area contributed by atoms with Gasteiger partial charge in [0.1, 0.15) is 11.6 Å². The maximum absolute atomic E-state index is 13.2. The van der Waals surface area contributed by atoms with Crippen molar-refractivity contribution in [3.63, 3.8) is 0 Å². The largest absolute Gasteiger partial charge is 0.314 e. The van der Waals surface area contributed by atoms with Crippen LogP contribution in [0.2, 0.25) is 0 Å². The van der Waals surface area contributed by atoms with Gasteiger partial charge in [-0.15, -0.1) is 0 Å². The molecule has 0 fully saturated rings. The minimum Gasteiger partial charge on any atom is -0.314 e. The summed E-state index contributed by atoms with van der Waals surface area (Å²) in [6.45, 7) is 2.86. The first kappa shape index (κ1) is 14.7. The van der Waals surface area contributed by atoms with Crippen molar-refractivity contribution in [2.24, 2.45) is 0 Å². The summed E-state index contributed by atoms with van der Waals surface area (Å²) in [5.41, 5.74) is 1.90. The van der Waals surface area contributed by atoms with Gasteiger partial charge in [-0.3, -0.25) is 0 Å². The first-order chi connectivity index (χ1) is 9.67. The smallest absolute Gasteiger partial charge is 0.123 e. The molecule has 0 spiro atoms. The maximum Gasteiger partial charge on any atom is 0.123 e. The molecule has 0 heterocycles. The van der Waals surface area contributed by atoms with E-state index >= 15 is 0 Å². The number of likely N-dealkylation sites (N-methyl/N-ethyl adjacent to an activating group) is 1. The Labute approximate surface area is 118 Å². The van der Waals surface area contributed by atoms with Crippen molar-refractivity contribution >= 4 is 0 Å². The highest BCUT2D eigenvalue weighted by Gasteiger charge is 2.10. The van der Waals surface area contributed by atoms with Crippen LogP contribution in [-0.2, 0) is 12.8 Å². The molecule has 0 aliphatic rings. The third kappa shape index (κ3) is 4.42. The van der Waals surface area contributed by atoms with Gasteiger partial charge in [0.25, 0.3) is 0 Å². The van der Waals surface area contributed by atoms with Gasteiger partial charge in [-0.2, -0.15) is 0 Å². The molecule has 106 valence electrons. The highest BCUT2D eigenvalue weighted by molar-refractivity contribution is 5.21. The molecular weight excluding hydrogens is 256 g/mol. The van der Waals surface area contributed by atoms with Crippen molar-refractivity contribution in [3.8, 4) is 0 Å². The Morgan fingerprint density at radius 3 is 1.80 bits per heavy atom. The molecule has 0 saturated heterocycles. The minimum atomic E-state index is -0.219. The van der Waals surface area contributed by atoms with E-state index in [1.54, 1.807) is 24.3 Å². The summed E-state index contributed by atoms with van der Waals surface area (Å²) in [7, 11) is 0. The lowest BCUT2D eigenvalue weighted by Crippen LogP contribution is -2.33. The molecule has 0 atom stereocenters. The molecule has 2 aromatic carbocycles. The highest BCUT2D eigenvalue weighted by atomic mass is 19.1. The van der Waals surface area contributed by atoms with Gasteiger partial charge in [-0.1, -0.05) is 31.2 Å². The second-order valence-corrected chi connectivity index (χ2v) is 4.92. The van der Waals surface area contributed by atoms with Crippen LogP contribution >= 0.6 is 0 Å². The van der Waals surface area contributed by atoms with Gasteiger partial charge in [-0.25, -0.2) is 8.78 Å². The average Bonchev–Trinajstić information content (AvgIpc) is 2.39. The summed E-state index contributed by atoms with van der Waals surface area (Å²) in [5, 5.41) is 3.37. The molecule has 0 aliphatic carbocycles. The standard InChI is InChI=1S/C17H19F2N/c1-2-20-17(11-13-5-3-7-15(18)9-13)12-14-6-4-8-16(19)10-14/h3-10,17,20H,2,11-12H2,1H3. The molecule has 2 aromatic rings. The fourth-order valence-corrected chi connectivity index (χ4v) is 2.40. The minimum absolute atomic E-state index is 0.170. The van der Waals surface area contributed by atoms with E-state index in [-0.39, 0.29) is 17.7 Å². The first-order valence-electron chi connectivity index (χ1n) is 6.89. The van der Waals surface area contributed by atoms with E-state index in [0.29, 0.717) is 0 Å². The van der Waals surface area contributed by atoms with Crippen LogP contribution in [0.5, 0.6) is 0 Å². The monoisotopic (exact) mass is 275 g/mol. The van der Waals surface area contributed by atoms with Crippen molar-refractivity contribution in [2.75, 3.05) is 6.54 Å². The van der Waals surface area contributed by atoms with Crippen molar-refractivity contribution in [2.45, 2.75) is 25.8 Å². The van der Waals surface area contributed by atoms with E-state index in [4.69, 9.17) is 0 Å². The van der Waals surface area contributed by atoms with Gasteiger partial charge in [0.15, 0.2) is 0 Å². The summed E-state index contributed by atoms with van der Waals surface area (Å²) in [6.07, 6.45) is 1.45. The van der Waals surface area contributed by atoms with Crippen LogP contribution in [-0.4, -0.2) is 12.6 Å². The number of benzene rings is 2. The average molecular weight is 275 g/mol. The van der Waals surface area contributed by atoms with Crippen LogP contribution < -0.4 is 5.32 Å². The highest BCUT2D eigenvalue weighted by Crippen LogP contribution is 2.12. The Morgan fingerprint density at radius 2 is 1.40 bits per heavy atom. The second-order valence-electron chi connectivity index (χ2n) is 4.92. The van der Waals surface area contributed by atoms with Crippen LogP contribution in [0.25, 0.3) is 0 Å². The molecule has 0 aliphatic heterocycles. The van der Waals surface area contributed by atoms with Crippen LogP contribution in [0.1, 0.15) is 18.1 Å². The van der Waals surface area contributed by atoms with Crippen LogP contribution in [0.15, 0.2) is 48.5 Å². The molecule has 3 heteroatoms. The molecule has 1 N–H and O–H groups in total. The van der Waals surface area contributed by atoms with E-state index in [1.165, 1.54) is 12.1 Å². The summed E-state index contributed by atoms with van der Waals surface area (Å²) < 4.78 is 26.4.